The Morgan fingerprint density at radius 2 is 2.00 bits per heavy atom. The number of nitrogens with zero attached hydrogens (tertiary/aromatic N) is 2. The molecule has 0 aromatic heterocycles. The molecule has 1 rings (SSSR count). The van der Waals surface area contributed by atoms with Crippen LogP contribution < -0.4 is 5.32 Å². The van der Waals surface area contributed by atoms with Gasteiger partial charge in [0.2, 0.25) is 0 Å². The van der Waals surface area contributed by atoms with Crippen LogP contribution in [0.4, 0.5) is 0 Å². The zero-order valence-corrected chi connectivity index (χ0v) is 14.3. The third-order valence-electron chi connectivity index (χ3n) is 3.78. The van der Waals surface area contributed by atoms with Gasteiger partial charge in [0.15, 0.2) is 0 Å². The van der Waals surface area contributed by atoms with E-state index in [1.165, 1.54) is 4.31 Å². The molecule has 0 aromatic carbocycles. The van der Waals surface area contributed by atoms with Crippen LogP contribution in [-0.2, 0) is 10.2 Å². The number of hydrogen-bond donors (Lipinski definition) is 1. The van der Waals surface area contributed by atoms with E-state index in [2.05, 4.69) is 25.1 Å². The summed E-state index contributed by atoms with van der Waals surface area (Å²) < 4.78 is 28.2. The van der Waals surface area contributed by atoms with Gasteiger partial charge in [-0.1, -0.05) is 26.7 Å². The number of hydrogen-bond acceptors (Lipinski definition) is 3. The van der Waals surface area contributed by atoms with E-state index >= 15 is 0 Å². The normalized spacial score (nSPS) is 18.3. The van der Waals surface area contributed by atoms with Gasteiger partial charge in [0.05, 0.1) is 6.54 Å². The van der Waals surface area contributed by atoms with Gasteiger partial charge in [-0.05, 0) is 31.7 Å². The van der Waals surface area contributed by atoms with Crippen LogP contribution in [0.25, 0.3) is 0 Å². The van der Waals surface area contributed by atoms with E-state index in [1.807, 2.05) is 6.92 Å². The summed E-state index contributed by atoms with van der Waals surface area (Å²) in [6, 6.07) is 0.474. The highest BCUT2D eigenvalue weighted by molar-refractivity contribution is 7.86. The molecule has 21 heavy (non-hydrogen) atoms. The Labute approximate surface area is 130 Å². The lowest BCUT2D eigenvalue weighted by atomic mass is 9.98. The highest BCUT2D eigenvalue weighted by atomic mass is 32.2. The predicted octanol–water partition coefficient (Wildman–Crippen LogP) is 1.29. The van der Waals surface area contributed by atoms with Crippen molar-refractivity contribution in [2.45, 2.75) is 46.1 Å². The molecule has 5 nitrogen and oxygen atoms in total. The average Bonchev–Trinajstić information content (AvgIpc) is 2.45. The van der Waals surface area contributed by atoms with Gasteiger partial charge >= 0.3 is 0 Å². The van der Waals surface area contributed by atoms with E-state index in [9.17, 15) is 8.42 Å². The van der Waals surface area contributed by atoms with Gasteiger partial charge in [0, 0.05) is 25.7 Å². The molecular formula is C15H29N3O2S. The molecule has 0 unspecified atom stereocenters. The first kappa shape index (κ1) is 18.4. The van der Waals surface area contributed by atoms with Gasteiger partial charge in [-0.2, -0.15) is 17.0 Å². The first-order chi connectivity index (χ1) is 9.91. The van der Waals surface area contributed by atoms with Crippen molar-refractivity contribution < 1.29 is 8.42 Å². The van der Waals surface area contributed by atoms with Crippen LogP contribution >= 0.6 is 0 Å². The third kappa shape index (κ3) is 5.59. The third-order valence-corrected chi connectivity index (χ3v) is 5.76. The molecule has 1 N–H and O–H groups in total. The molecule has 1 fully saturated rings. The highest BCUT2D eigenvalue weighted by Crippen LogP contribution is 2.21. The van der Waals surface area contributed by atoms with Gasteiger partial charge in [0.25, 0.3) is 10.2 Å². The topological polar surface area (TPSA) is 52.7 Å². The smallest absolute Gasteiger partial charge is 0.282 e. The molecule has 122 valence electrons. The second-order valence-corrected chi connectivity index (χ2v) is 7.88. The first-order valence-corrected chi connectivity index (χ1v) is 9.23. The molecule has 0 aromatic rings. The average molecular weight is 315 g/mol. The molecule has 0 atom stereocenters. The maximum Gasteiger partial charge on any atom is 0.282 e. The zero-order valence-electron chi connectivity index (χ0n) is 13.5. The summed E-state index contributed by atoms with van der Waals surface area (Å²) in [7, 11) is -3.40. The maximum absolute atomic E-state index is 12.6. The number of piperidine rings is 1. The molecule has 1 heterocycles. The number of terminal acetylenes is 1. The molecule has 0 spiro atoms. The van der Waals surface area contributed by atoms with Crippen LogP contribution in [0.5, 0.6) is 0 Å². The molecule has 6 heteroatoms. The fourth-order valence-corrected chi connectivity index (χ4v) is 4.19. The summed E-state index contributed by atoms with van der Waals surface area (Å²) in [4.78, 5) is 0. The fourth-order valence-electron chi connectivity index (χ4n) is 2.54. The molecule has 0 bridgehead atoms. The molecule has 0 saturated carbocycles. The van der Waals surface area contributed by atoms with Crippen LogP contribution in [0.3, 0.4) is 0 Å². The van der Waals surface area contributed by atoms with Gasteiger partial charge in [0.1, 0.15) is 0 Å². The standard InChI is InChI=1S/C15H29N3O2S/c1-5-9-17(10-6-2)21(19,20)18-11-7-15(8-12-18)13-16-14(3)4/h1,14-16H,6-13H2,2-4H3. The Balaban J connectivity index is 2.57. The summed E-state index contributed by atoms with van der Waals surface area (Å²) >= 11 is 0. The minimum Gasteiger partial charge on any atom is -0.314 e. The van der Waals surface area contributed by atoms with E-state index in [0.717, 1.165) is 25.8 Å². The lowest BCUT2D eigenvalue weighted by Gasteiger charge is -2.34. The monoisotopic (exact) mass is 315 g/mol. The van der Waals surface area contributed by atoms with Crippen molar-refractivity contribution >= 4 is 10.2 Å². The van der Waals surface area contributed by atoms with Gasteiger partial charge in [-0.25, -0.2) is 0 Å². The predicted molar refractivity (Wildman–Crippen MR) is 87.1 cm³/mol. The molecule has 1 aliphatic rings. The van der Waals surface area contributed by atoms with Gasteiger partial charge < -0.3 is 5.32 Å². The molecule has 1 aliphatic heterocycles. The van der Waals surface area contributed by atoms with Gasteiger partial charge in [-0.15, -0.1) is 6.42 Å². The minimum atomic E-state index is -3.40. The van der Waals surface area contributed by atoms with E-state index < -0.39 is 10.2 Å². The van der Waals surface area contributed by atoms with Crippen molar-refractivity contribution in [1.82, 2.24) is 13.9 Å². The summed E-state index contributed by atoms with van der Waals surface area (Å²) in [5.41, 5.74) is 0. The van der Waals surface area contributed by atoms with Gasteiger partial charge in [-0.3, -0.25) is 0 Å². The lowest BCUT2D eigenvalue weighted by Crippen LogP contribution is -2.48. The Hall–Kier alpha value is -0.610. The molecule has 0 aliphatic carbocycles. The summed E-state index contributed by atoms with van der Waals surface area (Å²) in [6.07, 6.45) is 7.89. The quantitative estimate of drug-likeness (QED) is 0.687. The van der Waals surface area contributed by atoms with Crippen molar-refractivity contribution in [1.29, 1.82) is 0 Å². The Morgan fingerprint density at radius 3 is 2.48 bits per heavy atom. The maximum atomic E-state index is 12.6. The molecular weight excluding hydrogens is 286 g/mol. The SMILES string of the molecule is C#CCN(CCC)S(=O)(=O)N1CCC(CNC(C)C)CC1. The van der Waals surface area contributed by atoms with E-state index in [1.54, 1.807) is 4.31 Å². The van der Waals surface area contributed by atoms with Crippen molar-refractivity contribution in [3.8, 4) is 12.3 Å². The molecule has 1 saturated heterocycles. The van der Waals surface area contributed by atoms with Crippen LogP contribution in [-0.4, -0.2) is 55.8 Å². The molecule has 0 radical (unpaired) electrons. The van der Waals surface area contributed by atoms with Crippen LogP contribution in [0.15, 0.2) is 0 Å². The van der Waals surface area contributed by atoms with E-state index in [4.69, 9.17) is 6.42 Å². The van der Waals surface area contributed by atoms with Crippen molar-refractivity contribution in [2.75, 3.05) is 32.7 Å². The zero-order chi connectivity index (χ0) is 15.9. The summed E-state index contributed by atoms with van der Waals surface area (Å²) in [5.74, 6) is 3.01. The summed E-state index contributed by atoms with van der Waals surface area (Å²) in [5, 5.41) is 3.43. The van der Waals surface area contributed by atoms with Crippen LogP contribution in [0, 0.1) is 18.3 Å². The Kier molecular flexibility index (Phi) is 7.67. The second-order valence-electron chi connectivity index (χ2n) is 5.95. The van der Waals surface area contributed by atoms with Crippen molar-refractivity contribution in [2.24, 2.45) is 5.92 Å². The fraction of sp³-hybridized carbons (Fsp3) is 0.867. The van der Waals surface area contributed by atoms with E-state index in [-0.39, 0.29) is 6.54 Å². The summed E-state index contributed by atoms with van der Waals surface area (Å²) in [6.45, 7) is 9.02. The second kappa shape index (κ2) is 8.74. The number of rotatable bonds is 8. The van der Waals surface area contributed by atoms with Crippen LogP contribution in [0.2, 0.25) is 0 Å². The van der Waals surface area contributed by atoms with E-state index in [0.29, 0.717) is 31.6 Å². The minimum absolute atomic E-state index is 0.158. The van der Waals surface area contributed by atoms with Crippen LogP contribution in [0.1, 0.15) is 40.0 Å². The van der Waals surface area contributed by atoms with Crippen molar-refractivity contribution in [3.63, 3.8) is 0 Å². The lowest BCUT2D eigenvalue weighted by molar-refractivity contribution is 0.249. The first-order valence-electron chi connectivity index (χ1n) is 7.83. The number of nitrogens with one attached hydrogen (secondary N) is 1. The highest BCUT2D eigenvalue weighted by Gasteiger charge is 2.32. The molecule has 0 amide bonds. The Morgan fingerprint density at radius 1 is 1.38 bits per heavy atom. The Bertz CT molecular complexity index is 434. The van der Waals surface area contributed by atoms with Crippen molar-refractivity contribution in [3.05, 3.63) is 0 Å². The largest absolute Gasteiger partial charge is 0.314 e.